The molecule has 0 amide bonds. The van der Waals surface area contributed by atoms with E-state index in [0.717, 1.165) is 31.0 Å². The maximum Gasteiger partial charge on any atom is 0.232 e. The average Bonchev–Trinajstić information content (AvgIpc) is 3.09. The van der Waals surface area contributed by atoms with Crippen LogP contribution < -0.4 is 5.73 Å². The van der Waals surface area contributed by atoms with Crippen LogP contribution in [0.25, 0.3) is 0 Å². The van der Waals surface area contributed by atoms with Crippen LogP contribution in [0.5, 0.6) is 0 Å². The lowest BCUT2D eigenvalue weighted by Gasteiger charge is -2.22. The Hall–Kier alpha value is -0.900. The molecular weight excluding hydrogens is 226 g/mol. The van der Waals surface area contributed by atoms with E-state index in [2.05, 4.69) is 17.1 Å². The molecule has 0 atom stereocenters. The second-order valence-electron chi connectivity index (χ2n) is 6.13. The molecule has 2 saturated carbocycles. The minimum atomic E-state index is -0.324. The molecule has 0 spiro atoms. The summed E-state index contributed by atoms with van der Waals surface area (Å²) in [6.07, 6.45) is 10.4. The molecule has 0 saturated heterocycles. The first kappa shape index (κ1) is 12.2. The molecule has 2 N–H and O–H groups in total. The highest BCUT2D eigenvalue weighted by Crippen LogP contribution is 2.44. The van der Waals surface area contributed by atoms with E-state index in [9.17, 15) is 0 Å². The summed E-state index contributed by atoms with van der Waals surface area (Å²) in [5, 5.41) is 4.20. The Kier molecular flexibility index (Phi) is 2.93. The molecule has 1 heterocycles. The van der Waals surface area contributed by atoms with Crippen LogP contribution in [-0.4, -0.2) is 10.1 Å². The highest BCUT2D eigenvalue weighted by atomic mass is 16.5. The smallest absolute Gasteiger partial charge is 0.232 e. The minimum absolute atomic E-state index is 0.139. The molecule has 0 unspecified atom stereocenters. The first-order chi connectivity index (χ1) is 8.69. The van der Waals surface area contributed by atoms with Crippen LogP contribution in [0.1, 0.15) is 76.4 Å². The summed E-state index contributed by atoms with van der Waals surface area (Å²) in [5.41, 5.74) is 6.21. The van der Waals surface area contributed by atoms with Crippen molar-refractivity contribution in [1.29, 1.82) is 0 Å². The Balaban J connectivity index is 1.89. The Bertz CT molecular complexity index is 414. The van der Waals surface area contributed by atoms with Crippen molar-refractivity contribution in [2.24, 2.45) is 5.73 Å². The molecule has 3 rings (SSSR count). The Morgan fingerprint density at radius 2 is 1.72 bits per heavy atom. The minimum Gasteiger partial charge on any atom is -0.339 e. The molecular formula is C14H23N3O. The second-order valence-corrected chi connectivity index (χ2v) is 6.13. The third kappa shape index (κ3) is 1.78. The highest BCUT2D eigenvalue weighted by Gasteiger charge is 2.42. The average molecular weight is 249 g/mol. The van der Waals surface area contributed by atoms with Crippen molar-refractivity contribution in [2.75, 3.05) is 0 Å². The zero-order chi connectivity index (χ0) is 12.6. The number of rotatable bonds is 3. The monoisotopic (exact) mass is 249 g/mol. The molecule has 4 heteroatoms. The molecule has 1 aromatic rings. The summed E-state index contributed by atoms with van der Waals surface area (Å²) in [6.45, 7) is 2.23. The van der Waals surface area contributed by atoms with E-state index in [1.54, 1.807) is 0 Å². The van der Waals surface area contributed by atoms with Crippen molar-refractivity contribution in [3.05, 3.63) is 11.7 Å². The normalized spacial score (nSPS) is 25.7. The van der Waals surface area contributed by atoms with E-state index < -0.39 is 0 Å². The summed E-state index contributed by atoms with van der Waals surface area (Å²) in [6, 6.07) is 0. The summed E-state index contributed by atoms with van der Waals surface area (Å²) in [4.78, 5) is 4.69. The second kappa shape index (κ2) is 4.34. The lowest BCUT2D eigenvalue weighted by Crippen LogP contribution is -2.34. The van der Waals surface area contributed by atoms with E-state index in [4.69, 9.17) is 10.3 Å². The predicted octanol–water partition coefficient (Wildman–Crippen LogP) is 3.02. The van der Waals surface area contributed by atoms with Crippen molar-refractivity contribution in [1.82, 2.24) is 10.1 Å². The summed E-state index contributed by atoms with van der Waals surface area (Å²) in [5.74, 6) is 1.59. The van der Waals surface area contributed by atoms with Crippen molar-refractivity contribution < 1.29 is 4.52 Å². The van der Waals surface area contributed by atoms with Gasteiger partial charge in [-0.25, -0.2) is 0 Å². The van der Waals surface area contributed by atoms with Crippen LogP contribution in [-0.2, 0) is 11.0 Å². The zero-order valence-electron chi connectivity index (χ0n) is 11.2. The molecule has 4 nitrogen and oxygen atoms in total. The molecule has 2 fully saturated rings. The van der Waals surface area contributed by atoms with Gasteiger partial charge >= 0.3 is 0 Å². The maximum atomic E-state index is 6.39. The number of nitrogens with two attached hydrogens (primary N) is 1. The standard InChI is InChI=1S/C14H23N3O/c1-2-13(7-3-4-8-13)12-16-11(17-18-12)14(15)9-5-6-10-14/h2-10,15H2,1H3. The van der Waals surface area contributed by atoms with Crippen LogP contribution >= 0.6 is 0 Å². The van der Waals surface area contributed by atoms with Gasteiger partial charge in [0.15, 0.2) is 5.82 Å². The molecule has 0 bridgehead atoms. The molecule has 18 heavy (non-hydrogen) atoms. The summed E-state index contributed by atoms with van der Waals surface area (Å²) >= 11 is 0. The number of aromatic nitrogens is 2. The topological polar surface area (TPSA) is 64.9 Å². The van der Waals surface area contributed by atoms with E-state index in [-0.39, 0.29) is 11.0 Å². The van der Waals surface area contributed by atoms with E-state index in [1.807, 2.05) is 0 Å². The molecule has 0 aliphatic heterocycles. The van der Waals surface area contributed by atoms with Gasteiger partial charge in [-0.3, -0.25) is 0 Å². The Morgan fingerprint density at radius 3 is 2.33 bits per heavy atom. The lowest BCUT2D eigenvalue weighted by atomic mass is 9.83. The van der Waals surface area contributed by atoms with Crippen molar-refractivity contribution in [2.45, 2.75) is 75.7 Å². The van der Waals surface area contributed by atoms with Crippen LogP contribution in [0.3, 0.4) is 0 Å². The van der Waals surface area contributed by atoms with E-state index >= 15 is 0 Å². The number of hydrogen-bond acceptors (Lipinski definition) is 4. The fourth-order valence-corrected chi connectivity index (χ4v) is 3.64. The van der Waals surface area contributed by atoms with Gasteiger partial charge in [0.25, 0.3) is 0 Å². The van der Waals surface area contributed by atoms with Crippen LogP contribution in [0.2, 0.25) is 0 Å². The van der Waals surface area contributed by atoms with Gasteiger partial charge in [-0.2, -0.15) is 4.98 Å². The van der Waals surface area contributed by atoms with Crippen molar-refractivity contribution >= 4 is 0 Å². The first-order valence-electron chi connectivity index (χ1n) is 7.32. The fraction of sp³-hybridized carbons (Fsp3) is 0.857. The molecule has 100 valence electrons. The molecule has 0 radical (unpaired) electrons. The zero-order valence-corrected chi connectivity index (χ0v) is 11.2. The van der Waals surface area contributed by atoms with E-state index in [0.29, 0.717) is 0 Å². The lowest BCUT2D eigenvalue weighted by molar-refractivity contribution is 0.268. The Labute approximate surface area is 108 Å². The summed E-state index contributed by atoms with van der Waals surface area (Å²) < 4.78 is 5.58. The van der Waals surface area contributed by atoms with Crippen LogP contribution in [0.15, 0.2) is 4.52 Å². The van der Waals surface area contributed by atoms with Gasteiger partial charge in [0, 0.05) is 5.41 Å². The van der Waals surface area contributed by atoms with E-state index in [1.165, 1.54) is 38.5 Å². The fourth-order valence-electron chi connectivity index (χ4n) is 3.64. The van der Waals surface area contributed by atoms with Gasteiger partial charge in [-0.15, -0.1) is 0 Å². The van der Waals surface area contributed by atoms with Gasteiger partial charge in [-0.05, 0) is 32.1 Å². The third-order valence-corrected chi connectivity index (χ3v) is 5.06. The molecule has 1 aromatic heterocycles. The molecule has 2 aliphatic rings. The third-order valence-electron chi connectivity index (χ3n) is 5.06. The van der Waals surface area contributed by atoms with Gasteiger partial charge < -0.3 is 10.3 Å². The van der Waals surface area contributed by atoms with Crippen LogP contribution in [0, 0.1) is 0 Å². The highest BCUT2D eigenvalue weighted by molar-refractivity contribution is 5.12. The van der Waals surface area contributed by atoms with Gasteiger partial charge in [-0.1, -0.05) is 37.8 Å². The summed E-state index contributed by atoms with van der Waals surface area (Å²) in [7, 11) is 0. The van der Waals surface area contributed by atoms with Gasteiger partial charge in [0.05, 0.1) is 5.54 Å². The van der Waals surface area contributed by atoms with Gasteiger partial charge in [0.2, 0.25) is 5.89 Å². The maximum absolute atomic E-state index is 6.39. The van der Waals surface area contributed by atoms with Crippen LogP contribution in [0.4, 0.5) is 0 Å². The predicted molar refractivity (Wildman–Crippen MR) is 69.1 cm³/mol. The Morgan fingerprint density at radius 1 is 1.11 bits per heavy atom. The molecule has 2 aliphatic carbocycles. The van der Waals surface area contributed by atoms with Crippen molar-refractivity contribution in [3.8, 4) is 0 Å². The molecule has 0 aromatic carbocycles. The quantitative estimate of drug-likeness (QED) is 0.894. The number of nitrogens with zero attached hydrogens (tertiary/aromatic N) is 2. The van der Waals surface area contributed by atoms with Gasteiger partial charge in [0.1, 0.15) is 0 Å². The number of hydrogen-bond donors (Lipinski definition) is 1. The first-order valence-corrected chi connectivity index (χ1v) is 7.32. The largest absolute Gasteiger partial charge is 0.339 e. The SMILES string of the molecule is CCC1(c2nc(C3(N)CCCC3)no2)CCCC1. The van der Waals surface area contributed by atoms with Crippen molar-refractivity contribution in [3.63, 3.8) is 0 Å².